The van der Waals surface area contributed by atoms with Crippen molar-refractivity contribution in [3.8, 4) is 17.6 Å². The Kier molecular flexibility index (Phi) is 11.9. The topological polar surface area (TPSA) is 108 Å². The average molecular weight is 623 g/mol. The van der Waals surface area contributed by atoms with Gasteiger partial charge in [0.2, 0.25) is 0 Å². The molecule has 1 aliphatic heterocycles. The molecule has 0 aliphatic carbocycles. The molecule has 1 aliphatic rings. The monoisotopic (exact) mass is 622 g/mol. The minimum atomic E-state index is -4.51. The lowest BCUT2D eigenvalue weighted by molar-refractivity contribution is -0.140. The van der Waals surface area contributed by atoms with Crippen molar-refractivity contribution in [1.29, 1.82) is 0 Å². The van der Waals surface area contributed by atoms with Crippen LogP contribution < -0.4 is 15.4 Å². The van der Waals surface area contributed by atoms with E-state index < -0.39 is 37.0 Å². The number of rotatable bonds is 11. The average Bonchev–Trinajstić information content (AvgIpc) is 3.29. The summed E-state index contributed by atoms with van der Waals surface area (Å²) < 4.78 is 67.1. The molecular weight excluding hydrogens is 584 g/mol. The number of carboxylic acids is 1. The molecule has 44 heavy (non-hydrogen) atoms. The third kappa shape index (κ3) is 8.78. The number of methoxy groups -OCH3 is 2. The van der Waals surface area contributed by atoms with Crippen molar-refractivity contribution in [2.45, 2.75) is 44.9 Å². The first-order valence-electron chi connectivity index (χ1n) is 13.6. The second kappa shape index (κ2) is 15.1. The summed E-state index contributed by atoms with van der Waals surface area (Å²) in [6, 6.07) is 10.2. The fourth-order valence-electron chi connectivity index (χ4n) is 5.15. The smallest absolute Gasteiger partial charge is 0.406 e. The molecule has 1 aromatic heterocycles. The van der Waals surface area contributed by atoms with Crippen molar-refractivity contribution < 1.29 is 42.0 Å². The number of carboxylic acid groups (broad SMARTS) is 1. The van der Waals surface area contributed by atoms with Gasteiger partial charge in [-0.3, -0.25) is 4.90 Å². The molecule has 0 unspecified atom stereocenters. The van der Waals surface area contributed by atoms with Crippen LogP contribution in [-0.4, -0.2) is 97.1 Å². The Hall–Kier alpha value is -3.99. The van der Waals surface area contributed by atoms with Gasteiger partial charge < -0.3 is 34.9 Å². The number of nitrogens with zero attached hydrogens (tertiary/aromatic N) is 2. The Morgan fingerprint density at radius 1 is 1.18 bits per heavy atom. The molecule has 3 atom stereocenters. The lowest BCUT2D eigenvalue weighted by Crippen LogP contribution is -2.50. The molecular formula is C31H38F4N4O5. The number of halogens is 4. The molecule has 2 aromatic carbocycles. The maximum Gasteiger partial charge on any atom is 0.406 e. The fourth-order valence-corrected chi connectivity index (χ4v) is 5.15. The number of anilines is 2. The summed E-state index contributed by atoms with van der Waals surface area (Å²) in [5.41, 5.74) is 1.46. The number of fused-ring (bicyclic) bond motifs is 1. The maximum atomic E-state index is 15.1. The molecule has 0 radical (unpaired) electrons. The number of likely N-dealkylation sites (tertiary alicyclic amines) is 1. The summed E-state index contributed by atoms with van der Waals surface area (Å²) in [6.07, 6.45) is -6.05. The first-order valence-corrected chi connectivity index (χ1v) is 13.6. The SMILES string of the molecule is C.COC[C@H](O)CN1CC[C@H](Nc2cccc3c2cc(C#CCNc2ccc(C(=O)O)cc2OC)n3CC(F)(F)F)[C@@H](F)C1. The summed E-state index contributed by atoms with van der Waals surface area (Å²) in [7, 11) is 2.87. The van der Waals surface area contributed by atoms with Gasteiger partial charge in [-0.25, -0.2) is 9.18 Å². The molecule has 0 spiro atoms. The second-order valence-corrected chi connectivity index (χ2v) is 10.3. The number of aromatic nitrogens is 1. The van der Waals surface area contributed by atoms with Crippen LogP contribution in [0.4, 0.5) is 28.9 Å². The summed E-state index contributed by atoms with van der Waals surface area (Å²) in [5, 5.41) is 25.8. The third-order valence-corrected chi connectivity index (χ3v) is 7.11. The molecule has 2 heterocycles. The number of hydrogen-bond acceptors (Lipinski definition) is 7. The van der Waals surface area contributed by atoms with Crippen molar-refractivity contribution in [3.63, 3.8) is 0 Å². The molecule has 9 nitrogen and oxygen atoms in total. The molecule has 3 aromatic rings. The predicted molar refractivity (Wildman–Crippen MR) is 161 cm³/mol. The van der Waals surface area contributed by atoms with Gasteiger partial charge in [0, 0.05) is 37.8 Å². The Morgan fingerprint density at radius 2 is 1.95 bits per heavy atom. The van der Waals surface area contributed by atoms with Crippen molar-refractivity contribution in [2.24, 2.45) is 0 Å². The Bertz CT molecular complexity index is 1480. The normalized spacial score (nSPS) is 17.7. The van der Waals surface area contributed by atoms with Crippen molar-refractivity contribution in [1.82, 2.24) is 9.47 Å². The van der Waals surface area contributed by atoms with E-state index in [1.807, 2.05) is 4.90 Å². The highest BCUT2D eigenvalue weighted by Crippen LogP contribution is 2.32. The number of β-amino-alcohol motifs (C(OH)–C–C–N with tert-alkyl or cyclic N) is 1. The van der Waals surface area contributed by atoms with Crippen LogP contribution in [0.3, 0.4) is 0 Å². The standard InChI is InChI=1S/C30H34F4N4O5.CH4/c1-42-17-21(39)15-37-12-10-25(23(31)16-37)36-24-6-3-7-27-22(24)14-20(38(27)18-30(32,33)34)5-4-11-35-26-9-8-19(29(40)41)13-28(26)43-2;/h3,6-9,13-14,21,23,25,35-36,39H,10-12,15-18H2,1-2H3,(H,40,41);1H4/t21-,23+,25+;/m1./s1. The minimum Gasteiger partial charge on any atom is -0.495 e. The largest absolute Gasteiger partial charge is 0.495 e. The minimum absolute atomic E-state index is 0. The zero-order valence-electron chi connectivity index (χ0n) is 23.7. The molecule has 0 bridgehead atoms. The Balaban J connectivity index is 0.00000529. The Labute approximate surface area is 253 Å². The third-order valence-electron chi connectivity index (χ3n) is 7.11. The summed E-state index contributed by atoms with van der Waals surface area (Å²) >= 11 is 0. The van der Waals surface area contributed by atoms with Crippen LogP contribution in [0.2, 0.25) is 0 Å². The first kappa shape index (κ1) is 34.5. The highest BCUT2D eigenvalue weighted by Gasteiger charge is 2.32. The molecule has 1 saturated heterocycles. The number of aliphatic hydroxyl groups is 1. The summed E-state index contributed by atoms with van der Waals surface area (Å²) in [5.74, 6) is 4.81. The van der Waals surface area contributed by atoms with Crippen molar-refractivity contribution in [2.75, 3.05) is 57.6 Å². The second-order valence-electron chi connectivity index (χ2n) is 10.3. The van der Waals surface area contributed by atoms with Crippen LogP contribution in [0.5, 0.6) is 5.75 Å². The van der Waals surface area contributed by atoms with Gasteiger partial charge in [0.1, 0.15) is 18.5 Å². The van der Waals surface area contributed by atoms with E-state index in [1.54, 1.807) is 24.3 Å². The number of aliphatic hydroxyl groups excluding tert-OH is 1. The van der Waals surface area contributed by atoms with Gasteiger partial charge in [-0.1, -0.05) is 19.4 Å². The van der Waals surface area contributed by atoms with E-state index in [-0.39, 0.29) is 50.7 Å². The van der Waals surface area contributed by atoms with Crippen LogP contribution in [0, 0.1) is 11.8 Å². The molecule has 4 rings (SSSR count). The molecule has 0 amide bonds. The van der Waals surface area contributed by atoms with E-state index in [9.17, 15) is 23.1 Å². The van der Waals surface area contributed by atoms with Gasteiger partial charge in [-0.05, 0) is 48.7 Å². The summed E-state index contributed by atoms with van der Waals surface area (Å²) in [6.45, 7) is -0.123. The maximum absolute atomic E-state index is 15.1. The lowest BCUT2D eigenvalue weighted by Gasteiger charge is -2.36. The number of piperidine rings is 1. The van der Waals surface area contributed by atoms with E-state index in [4.69, 9.17) is 14.6 Å². The molecule has 4 N–H and O–H groups in total. The number of aromatic carboxylic acids is 1. The van der Waals surface area contributed by atoms with E-state index in [0.717, 1.165) is 4.57 Å². The lowest BCUT2D eigenvalue weighted by atomic mass is 10.0. The van der Waals surface area contributed by atoms with Crippen LogP contribution in [0.1, 0.15) is 29.9 Å². The molecule has 0 saturated carbocycles. The number of nitrogens with one attached hydrogen (secondary N) is 2. The van der Waals surface area contributed by atoms with E-state index in [2.05, 4.69) is 22.5 Å². The van der Waals surface area contributed by atoms with Gasteiger partial charge in [0.05, 0.1) is 54.9 Å². The number of alkyl halides is 4. The highest BCUT2D eigenvalue weighted by atomic mass is 19.4. The van der Waals surface area contributed by atoms with Gasteiger partial charge in [-0.15, -0.1) is 0 Å². The van der Waals surface area contributed by atoms with Crippen molar-refractivity contribution in [3.05, 3.63) is 53.7 Å². The molecule has 240 valence electrons. The predicted octanol–water partition coefficient (Wildman–Crippen LogP) is 4.84. The van der Waals surface area contributed by atoms with Crippen LogP contribution in [0.15, 0.2) is 42.5 Å². The van der Waals surface area contributed by atoms with Gasteiger partial charge in [0.25, 0.3) is 0 Å². The van der Waals surface area contributed by atoms with E-state index in [0.29, 0.717) is 35.2 Å². The molecule has 1 fully saturated rings. The van der Waals surface area contributed by atoms with Gasteiger partial charge in [-0.2, -0.15) is 13.2 Å². The quantitative estimate of drug-likeness (QED) is 0.178. The molecule has 13 heteroatoms. The number of hydrogen-bond donors (Lipinski definition) is 4. The first-order chi connectivity index (χ1) is 20.5. The summed E-state index contributed by atoms with van der Waals surface area (Å²) in [4.78, 5) is 13.0. The highest BCUT2D eigenvalue weighted by molar-refractivity contribution is 5.94. The van der Waals surface area contributed by atoms with Crippen LogP contribution in [-0.2, 0) is 11.3 Å². The zero-order valence-corrected chi connectivity index (χ0v) is 23.7. The van der Waals surface area contributed by atoms with Crippen LogP contribution >= 0.6 is 0 Å². The van der Waals surface area contributed by atoms with Crippen molar-refractivity contribution >= 4 is 28.2 Å². The number of ether oxygens (including phenoxy) is 2. The van der Waals surface area contributed by atoms with Crippen LogP contribution in [0.25, 0.3) is 10.9 Å². The zero-order chi connectivity index (χ0) is 31.1. The number of benzene rings is 2. The van der Waals surface area contributed by atoms with E-state index in [1.165, 1.54) is 32.4 Å². The van der Waals surface area contributed by atoms with E-state index >= 15 is 4.39 Å². The number of carbonyl (C=O) groups is 1. The van der Waals surface area contributed by atoms with Gasteiger partial charge >= 0.3 is 12.1 Å². The Morgan fingerprint density at radius 3 is 2.61 bits per heavy atom. The fraction of sp³-hybridized carbons (Fsp3) is 0.452. The van der Waals surface area contributed by atoms with Gasteiger partial charge in [0.15, 0.2) is 0 Å².